The van der Waals surface area contributed by atoms with Crippen molar-refractivity contribution in [3.05, 3.63) is 63.1 Å². The summed E-state index contributed by atoms with van der Waals surface area (Å²) >= 11 is 12.5. The molecule has 0 aromatic heterocycles. The van der Waals surface area contributed by atoms with Crippen LogP contribution in [0.15, 0.2) is 36.4 Å². The van der Waals surface area contributed by atoms with Crippen molar-refractivity contribution in [3.8, 4) is 0 Å². The zero-order chi connectivity index (χ0) is 29.4. The molecule has 0 aliphatic heterocycles. The molecule has 220 valence electrons. The average molecular weight is 611 g/mol. The van der Waals surface area contributed by atoms with Crippen molar-refractivity contribution >= 4 is 50.7 Å². The van der Waals surface area contributed by atoms with Crippen LogP contribution in [0, 0.1) is 13.8 Å². The zero-order valence-electron chi connectivity index (χ0n) is 23.9. The number of aryl methyl sites for hydroxylation is 1. The molecule has 1 fully saturated rings. The maximum Gasteiger partial charge on any atom is 0.243 e. The number of halogens is 2. The Labute approximate surface area is 249 Å². The Morgan fingerprint density at radius 3 is 2.40 bits per heavy atom. The van der Waals surface area contributed by atoms with Crippen molar-refractivity contribution in [2.24, 2.45) is 0 Å². The van der Waals surface area contributed by atoms with Crippen LogP contribution in [0.1, 0.15) is 75.0 Å². The van der Waals surface area contributed by atoms with Gasteiger partial charge in [-0.1, -0.05) is 67.6 Å². The number of benzene rings is 2. The van der Waals surface area contributed by atoms with E-state index in [1.54, 1.807) is 29.2 Å². The molecule has 0 bridgehead atoms. The lowest BCUT2D eigenvalue weighted by molar-refractivity contribution is -0.141. The number of amides is 2. The van der Waals surface area contributed by atoms with Gasteiger partial charge in [0.2, 0.25) is 21.8 Å². The summed E-state index contributed by atoms with van der Waals surface area (Å²) in [5.74, 6) is -0.396. The molecule has 1 N–H and O–H groups in total. The molecule has 1 aliphatic carbocycles. The largest absolute Gasteiger partial charge is 0.352 e. The van der Waals surface area contributed by atoms with Gasteiger partial charge < -0.3 is 10.2 Å². The second-order valence-corrected chi connectivity index (χ2v) is 13.4. The van der Waals surface area contributed by atoms with Crippen molar-refractivity contribution in [3.63, 3.8) is 0 Å². The molecule has 40 heavy (non-hydrogen) atoms. The van der Waals surface area contributed by atoms with Gasteiger partial charge in [-0.2, -0.15) is 0 Å². The highest BCUT2D eigenvalue weighted by atomic mass is 35.5. The van der Waals surface area contributed by atoms with Crippen LogP contribution in [0.2, 0.25) is 10.0 Å². The van der Waals surface area contributed by atoms with Crippen LogP contribution in [0.5, 0.6) is 0 Å². The van der Waals surface area contributed by atoms with E-state index in [-0.39, 0.29) is 37.4 Å². The van der Waals surface area contributed by atoms with Gasteiger partial charge in [-0.05, 0) is 74.4 Å². The molecule has 0 radical (unpaired) electrons. The number of carbonyl (C=O) groups is 2. The Morgan fingerprint density at radius 1 is 1.07 bits per heavy atom. The van der Waals surface area contributed by atoms with Gasteiger partial charge in [0.25, 0.3) is 0 Å². The summed E-state index contributed by atoms with van der Waals surface area (Å²) in [6, 6.07) is 10.1. The summed E-state index contributed by atoms with van der Waals surface area (Å²) in [6.45, 7) is 6.02. The summed E-state index contributed by atoms with van der Waals surface area (Å²) in [5, 5.41) is 4.08. The zero-order valence-corrected chi connectivity index (χ0v) is 26.2. The number of hydrogen-bond acceptors (Lipinski definition) is 4. The molecule has 0 saturated heterocycles. The molecule has 1 saturated carbocycles. The van der Waals surface area contributed by atoms with Crippen molar-refractivity contribution in [2.75, 3.05) is 17.1 Å². The quantitative estimate of drug-likeness (QED) is 0.301. The number of anilines is 1. The first kappa shape index (κ1) is 32.2. The van der Waals surface area contributed by atoms with Crippen LogP contribution in [-0.4, -0.2) is 50.0 Å². The predicted octanol–water partition coefficient (Wildman–Crippen LogP) is 6.41. The third kappa shape index (κ3) is 8.60. The molecule has 1 unspecified atom stereocenters. The van der Waals surface area contributed by atoms with E-state index in [2.05, 4.69) is 5.32 Å². The van der Waals surface area contributed by atoms with Gasteiger partial charge in [-0.15, -0.1) is 0 Å². The van der Waals surface area contributed by atoms with Gasteiger partial charge in [0.1, 0.15) is 6.04 Å². The average Bonchev–Trinajstić information content (AvgIpc) is 2.89. The number of nitrogens with one attached hydrogen (secondary N) is 1. The van der Waals surface area contributed by atoms with Crippen molar-refractivity contribution in [1.82, 2.24) is 10.2 Å². The van der Waals surface area contributed by atoms with E-state index in [4.69, 9.17) is 23.2 Å². The summed E-state index contributed by atoms with van der Waals surface area (Å²) in [7, 11) is -3.57. The van der Waals surface area contributed by atoms with E-state index >= 15 is 0 Å². The molecule has 2 aromatic rings. The van der Waals surface area contributed by atoms with Crippen LogP contribution in [0.3, 0.4) is 0 Å². The fraction of sp³-hybridized carbons (Fsp3) is 0.533. The maximum atomic E-state index is 13.7. The Balaban J connectivity index is 1.81. The van der Waals surface area contributed by atoms with Gasteiger partial charge >= 0.3 is 0 Å². The third-order valence-electron chi connectivity index (χ3n) is 7.69. The molecule has 2 amide bonds. The van der Waals surface area contributed by atoms with Crippen LogP contribution >= 0.6 is 23.2 Å². The second kappa shape index (κ2) is 14.6. The first-order valence-electron chi connectivity index (χ1n) is 14.0. The Kier molecular flexibility index (Phi) is 11.7. The minimum atomic E-state index is -3.57. The van der Waals surface area contributed by atoms with E-state index in [1.165, 1.54) is 17.0 Å². The summed E-state index contributed by atoms with van der Waals surface area (Å²) in [6.07, 6.45) is 7.22. The van der Waals surface area contributed by atoms with Crippen LogP contribution in [-0.2, 0) is 26.2 Å². The molecule has 1 aliphatic rings. The lowest BCUT2D eigenvalue weighted by Crippen LogP contribution is -2.51. The third-order valence-corrected chi connectivity index (χ3v) is 9.46. The number of hydrogen-bond donors (Lipinski definition) is 1. The monoisotopic (exact) mass is 609 g/mol. The minimum absolute atomic E-state index is 0.0787. The molecule has 3 rings (SSSR count). The van der Waals surface area contributed by atoms with E-state index < -0.39 is 16.1 Å². The fourth-order valence-corrected chi connectivity index (χ4v) is 6.77. The Hall–Kier alpha value is -2.29. The standard InChI is InChI=1S/C30H41Cl2N3O4S/c1-5-27(30(37)33-25-12-7-6-8-13-25)34(20-23-16-17-24(31)19-26(23)32)29(36)15-10-18-35(40(4,38)39)28-14-9-11-21(2)22(28)3/h9,11,14,16-17,19,25,27H,5-8,10,12-13,15,18,20H2,1-4H3,(H,33,37). The molecule has 2 aromatic carbocycles. The predicted molar refractivity (Wildman–Crippen MR) is 163 cm³/mol. The highest BCUT2D eigenvalue weighted by Crippen LogP contribution is 2.27. The van der Waals surface area contributed by atoms with Gasteiger partial charge in [-0.25, -0.2) is 8.42 Å². The van der Waals surface area contributed by atoms with Gasteiger partial charge in [0, 0.05) is 35.6 Å². The lowest BCUT2D eigenvalue weighted by Gasteiger charge is -2.33. The van der Waals surface area contributed by atoms with E-state index in [0.29, 0.717) is 34.1 Å². The number of nitrogens with zero attached hydrogens (tertiary/aromatic N) is 2. The fourth-order valence-electron chi connectivity index (χ4n) is 5.29. The van der Waals surface area contributed by atoms with Crippen LogP contribution in [0.25, 0.3) is 0 Å². The van der Waals surface area contributed by atoms with Gasteiger partial charge in [0.05, 0.1) is 11.9 Å². The number of rotatable bonds is 12. The SMILES string of the molecule is CCC(C(=O)NC1CCCCC1)N(Cc1ccc(Cl)cc1Cl)C(=O)CCCN(c1cccc(C)c1C)S(C)(=O)=O. The van der Waals surface area contributed by atoms with Crippen LogP contribution in [0.4, 0.5) is 5.69 Å². The minimum Gasteiger partial charge on any atom is -0.352 e. The van der Waals surface area contributed by atoms with Crippen LogP contribution < -0.4 is 9.62 Å². The molecule has 0 heterocycles. The van der Waals surface area contributed by atoms with Gasteiger partial charge in [0.15, 0.2) is 0 Å². The van der Waals surface area contributed by atoms with Crippen molar-refractivity contribution in [1.29, 1.82) is 0 Å². The summed E-state index contributed by atoms with van der Waals surface area (Å²) in [5.41, 5.74) is 3.17. The van der Waals surface area contributed by atoms with E-state index in [9.17, 15) is 18.0 Å². The molecular weight excluding hydrogens is 569 g/mol. The summed E-state index contributed by atoms with van der Waals surface area (Å²) in [4.78, 5) is 28.7. The first-order chi connectivity index (χ1) is 18.9. The normalized spacial score (nSPS) is 14.9. The Bertz CT molecular complexity index is 1300. The molecule has 7 nitrogen and oxygen atoms in total. The Morgan fingerprint density at radius 2 is 1.77 bits per heavy atom. The molecule has 1 atom stereocenters. The first-order valence-corrected chi connectivity index (χ1v) is 16.6. The highest BCUT2D eigenvalue weighted by Gasteiger charge is 2.31. The molecule has 10 heteroatoms. The van der Waals surface area contributed by atoms with Crippen molar-refractivity contribution in [2.45, 2.75) is 90.8 Å². The van der Waals surface area contributed by atoms with Gasteiger partial charge in [-0.3, -0.25) is 13.9 Å². The van der Waals surface area contributed by atoms with E-state index in [0.717, 1.165) is 36.8 Å². The smallest absolute Gasteiger partial charge is 0.243 e. The topological polar surface area (TPSA) is 86.8 Å². The number of sulfonamides is 1. The second-order valence-electron chi connectivity index (χ2n) is 10.7. The van der Waals surface area contributed by atoms with E-state index in [1.807, 2.05) is 32.9 Å². The highest BCUT2D eigenvalue weighted by molar-refractivity contribution is 7.92. The van der Waals surface area contributed by atoms with Crippen molar-refractivity contribution < 1.29 is 18.0 Å². The summed E-state index contributed by atoms with van der Waals surface area (Å²) < 4.78 is 26.7. The molecule has 0 spiro atoms. The lowest BCUT2D eigenvalue weighted by atomic mass is 9.95. The molecular formula is C30H41Cl2N3O4S. The maximum absolute atomic E-state index is 13.7. The number of carbonyl (C=O) groups excluding carboxylic acids is 2.